The monoisotopic (exact) mass is 235 g/mol. The molecule has 3 atom stereocenters. The summed E-state index contributed by atoms with van der Waals surface area (Å²) in [6.07, 6.45) is 3.71. The third-order valence-corrected chi connectivity index (χ3v) is 3.66. The van der Waals surface area contributed by atoms with Gasteiger partial charge in [-0.1, -0.05) is 13.0 Å². The molecule has 1 aromatic rings. The first-order chi connectivity index (χ1) is 8.06. The van der Waals surface area contributed by atoms with E-state index < -0.39 is 0 Å². The van der Waals surface area contributed by atoms with Crippen molar-refractivity contribution in [2.75, 3.05) is 0 Å². The number of nitrogens with one attached hydrogen (secondary N) is 1. The second kappa shape index (κ2) is 4.96. The number of aromatic hydroxyl groups is 2. The highest BCUT2D eigenvalue weighted by Crippen LogP contribution is 2.31. The van der Waals surface area contributed by atoms with Crippen molar-refractivity contribution in [3.8, 4) is 11.5 Å². The number of benzene rings is 1. The lowest BCUT2D eigenvalue weighted by atomic mass is 10.1. The van der Waals surface area contributed by atoms with E-state index in [1.54, 1.807) is 12.1 Å². The maximum Gasteiger partial charge on any atom is 0.124 e. The normalized spacial score (nSPS) is 26.0. The molecule has 2 rings (SSSR count). The van der Waals surface area contributed by atoms with Gasteiger partial charge in [0.2, 0.25) is 0 Å². The molecule has 0 bridgehead atoms. The second-order valence-corrected chi connectivity index (χ2v) is 5.25. The van der Waals surface area contributed by atoms with Crippen molar-refractivity contribution in [3.63, 3.8) is 0 Å². The molecule has 0 heterocycles. The first-order valence-corrected chi connectivity index (χ1v) is 6.34. The largest absolute Gasteiger partial charge is 0.508 e. The molecule has 1 aliphatic carbocycles. The molecule has 0 spiro atoms. The molecule has 94 valence electrons. The van der Waals surface area contributed by atoms with Crippen LogP contribution in [0.4, 0.5) is 0 Å². The van der Waals surface area contributed by atoms with Crippen molar-refractivity contribution in [2.24, 2.45) is 5.92 Å². The number of phenols is 2. The first kappa shape index (κ1) is 12.2. The second-order valence-electron chi connectivity index (χ2n) is 5.25. The minimum absolute atomic E-state index is 0.105. The van der Waals surface area contributed by atoms with Crippen molar-refractivity contribution >= 4 is 0 Å². The molecule has 3 unspecified atom stereocenters. The zero-order valence-corrected chi connectivity index (χ0v) is 10.5. The van der Waals surface area contributed by atoms with Gasteiger partial charge < -0.3 is 15.5 Å². The molecule has 3 heteroatoms. The molecule has 0 saturated heterocycles. The highest BCUT2D eigenvalue weighted by Gasteiger charge is 2.23. The average molecular weight is 235 g/mol. The van der Waals surface area contributed by atoms with Crippen LogP contribution < -0.4 is 5.32 Å². The van der Waals surface area contributed by atoms with Gasteiger partial charge in [-0.25, -0.2) is 0 Å². The minimum atomic E-state index is 0.105. The SMILES string of the molecule is CC1CCC(NC(C)c2ccc(O)cc2O)C1. The van der Waals surface area contributed by atoms with Gasteiger partial charge in [-0.15, -0.1) is 0 Å². The zero-order valence-electron chi connectivity index (χ0n) is 10.5. The van der Waals surface area contributed by atoms with Crippen LogP contribution in [0.15, 0.2) is 18.2 Å². The summed E-state index contributed by atoms with van der Waals surface area (Å²) in [5.74, 6) is 1.07. The van der Waals surface area contributed by atoms with E-state index >= 15 is 0 Å². The molecule has 1 saturated carbocycles. The highest BCUT2D eigenvalue weighted by atomic mass is 16.3. The standard InChI is InChI=1S/C14H21NO2/c1-9-3-4-11(7-9)15-10(2)13-6-5-12(16)8-14(13)17/h5-6,8-11,15-17H,3-4,7H2,1-2H3. The first-order valence-electron chi connectivity index (χ1n) is 6.34. The Morgan fingerprint density at radius 3 is 2.65 bits per heavy atom. The Bertz CT molecular complexity index is 392. The van der Waals surface area contributed by atoms with Crippen LogP contribution in [0, 0.1) is 5.92 Å². The van der Waals surface area contributed by atoms with Crippen molar-refractivity contribution < 1.29 is 10.2 Å². The highest BCUT2D eigenvalue weighted by molar-refractivity contribution is 5.40. The quantitative estimate of drug-likeness (QED) is 0.755. The Balaban J connectivity index is 2.01. The summed E-state index contributed by atoms with van der Waals surface area (Å²) in [7, 11) is 0. The van der Waals surface area contributed by atoms with Crippen molar-refractivity contribution in [2.45, 2.75) is 45.2 Å². The van der Waals surface area contributed by atoms with E-state index in [1.165, 1.54) is 25.3 Å². The van der Waals surface area contributed by atoms with Gasteiger partial charge in [-0.05, 0) is 38.2 Å². The number of hydrogen-bond donors (Lipinski definition) is 3. The fraction of sp³-hybridized carbons (Fsp3) is 0.571. The van der Waals surface area contributed by atoms with Crippen LogP contribution in [0.5, 0.6) is 11.5 Å². The number of hydrogen-bond acceptors (Lipinski definition) is 3. The summed E-state index contributed by atoms with van der Waals surface area (Å²) in [5, 5.41) is 22.6. The van der Waals surface area contributed by atoms with Crippen molar-refractivity contribution in [3.05, 3.63) is 23.8 Å². The predicted octanol–water partition coefficient (Wildman–Crippen LogP) is 2.94. The van der Waals surface area contributed by atoms with E-state index in [4.69, 9.17) is 0 Å². The van der Waals surface area contributed by atoms with Gasteiger partial charge >= 0.3 is 0 Å². The van der Waals surface area contributed by atoms with Crippen LogP contribution >= 0.6 is 0 Å². The summed E-state index contributed by atoms with van der Waals surface area (Å²) in [6.45, 7) is 4.33. The molecule has 3 N–H and O–H groups in total. The van der Waals surface area contributed by atoms with Crippen LogP contribution in [0.1, 0.15) is 44.7 Å². The average Bonchev–Trinajstić information content (AvgIpc) is 2.63. The van der Waals surface area contributed by atoms with Crippen LogP contribution in [-0.4, -0.2) is 16.3 Å². The fourth-order valence-electron chi connectivity index (χ4n) is 2.70. The molecule has 0 aromatic heterocycles. The van der Waals surface area contributed by atoms with Gasteiger partial charge in [0.05, 0.1) is 0 Å². The van der Waals surface area contributed by atoms with E-state index in [9.17, 15) is 10.2 Å². The fourth-order valence-corrected chi connectivity index (χ4v) is 2.70. The Hall–Kier alpha value is -1.22. The van der Waals surface area contributed by atoms with Gasteiger partial charge in [0.15, 0.2) is 0 Å². The Labute approximate surface area is 102 Å². The lowest BCUT2D eigenvalue weighted by Gasteiger charge is -2.20. The van der Waals surface area contributed by atoms with Crippen LogP contribution in [0.25, 0.3) is 0 Å². The Morgan fingerprint density at radius 1 is 1.29 bits per heavy atom. The molecule has 0 amide bonds. The van der Waals surface area contributed by atoms with Gasteiger partial charge in [-0.2, -0.15) is 0 Å². The Morgan fingerprint density at radius 2 is 2.06 bits per heavy atom. The molecule has 1 aliphatic rings. The van der Waals surface area contributed by atoms with E-state index in [1.807, 2.05) is 0 Å². The predicted molar refractivity (Wildman–Crippen MR) is 68.1 cm³/mol. The zero-order chi connectivity index (χ0) is 12.4. The maximum absolute atomic E-state index is 9.79. The van der Waals surface area contributed by atoms with Crippen LogP contribution in [0.3, 0.4) is 0 Å². The number of rotatable bonds is 3. The van der Waals surface area contributed by atoms with Gasteiger partial charge in [0, 0.05) is 23.7 Å². The lowest BCUT2D eigenvalue weighted by Crippen LogP contribution is -2.29. The number of phenolic OH excluding ortho intramolecular Hbond substituents is 2. The molecule has 0 radical (unpaired) electrons. The molecular weight excluding hydrogens is 214 g/mol. The van der Waals surface area contributed by atoms with Crippen molar-refractivity contribution in [1.29, 1.82) is 0 Å². The summed E-state index contributed by atoms with van der Waals surface area (Å²) in [4.78, 5) is 0. The van der Waals surface area contributed by atoms with E-state index in [2.05, 4.69) is 19.2 Å². The molecule has 1 aromatic carbocycles. The van der Waals surface area contributed by atoms with Crippen molar-refractivity contribution in [1.82, 2.24) is 5.32 Å². The lowest BCUT2D eigenvalue weighted by molar-refractivity contribution is 0.415. The van der Waals surface area contributed by atoms with Gasteiger partial charge in [0.1, 0.15) is 11.5 Å². The third-order valence-electron chi connectivity index (χ3n) is 3.66. The van der Waals surface area contributed by atoms with E-state index in [0.717, 1.165) is 11.5 Å². The summed E-state index contributed by atoms with van der Waals surface area (Å²) in [5.41, 5.74) is 0.849. The molecule has 0 aliphatic heterocycles. The minimum Gasteiger partial charge on any atom is -0.508 e. The topological polar surface area (TPSA) is 52.5 Å². The summed E-state index contributed by atoms with van der Waals surface area (Å²) >= 11 is 0. The van der Waals surface area contributed by atoms with Gasteiger partial charge in [0.25, 0.3) is 0 Å². The van der Waals surface area contributed by atoms with Crippen LogP contribution in [0.2, 0.25) is 0 Å². The molecule has 1 fully saturated rings. The third kappa shape index (κ3) is 2.91. The van der Waals surface area contributed by atoms with Crippen LogP contribution in [-0.2, 0) is 0 Å². The molecular formula is C14H21NO2. The summed E-state index contributed by atoms with van der Waals surface area (Å²) < 4.78 is 0. The molecule has 17 heavy (non-hydrogen) atoms. The smallest absolute Gasteiger partial charge is 0.124 e. The van der Waals surface area contributed by atoms with Gasteiger partial charge in [-0.3, -0.25) is 0 Å². The summed E-state index contributed by atoms with van der Waals surface area (Å²) in [6, 6.07) is 5.45. The molecule has 3 nitrogen and oxygen atoms in total. The van der Waals surface area contributed by atoms with E-state index in [0.29, 0.717) is 6.04 Å². The van der Waals surface area contributed by atoms with E-state index in [-0.39, 0.29) is 17.5 Å². The maximum atomic E-state index is 9.79. The Kier molecular flexibility index (Phi) is 3.57.